The molecule has 2 aliphatic rings. The predicted molar refractivity (Wildman–Crippen MR) is 125 cm³/mol. The molecule has 1 saturated carbocycles. The minimum atomic E-state index is -0.575. The molecule has 9 nitrogen and oxygen atoms in total. The van der Waals surface area contributed by atoms with E-state index in [1.165, 1.54) is 0 Å². The molecule has 0 bridgehead atoms. The summed E-state index contributed by atoms with van der Waals surface area (Å²) < 4.78 is 5.51. The molecule has 33 heavy (non-hydrogen) atoms. The number of thioether (sulfide) groups is 1. The number of ether oxygens (including phenoxy) is 1. The summed E-state index contributed by atoms with van der Waals surface area (Å²) in [6.45, 7) is 9.23. The lowest BCUT2D eigenvalue weighted by Crippen LogP contribution is -2.39. The molecule has 0 radical (unpaired) electrons. The minimum absolute atomic E-state index is 0.143. The van der Waals surface area contributed by atoms with Crippen LogP contribution < -0.4 is 10.6 Å². The van der Waals surface area contributed by atoms with Crippen molar-refractivity contribution in [1.29, 1.82) is 10.5 Å². The molecule has 1 aliphatic heterocycles. The summed E-state index contributed by atoms with van der Waals surface area (Å²) in [6.07, 6.45) is 2.15. The monoisotopic (exact) mass is 470 g/mol. The van der Waals surface area contributed by atoms with Gasteiger partial charge in [0.05, 0.1) is 16.4 Å². The molecule has 0 spiro atoms. The predicted octanol–water partition coefficient (Wildman–Crippen LogP) is 3.12. The van der Waals surface area contributed by atoms with E-state index in [1.807, 2.05) is 25.7 Å². The number of pyridine rings is 1. The summed E-state index contributed by atoms with van der Waals surface area (Å²) in [6, 6.07) is 4.50. The van der Waals surface area contributed by atoms with E-state index in [2.05, 4.69) is 12.1 Å². The Morgan fingerprint density at radius 2 is 1.82 bits per heavy atom. The maximum atomic E-state index is 12.5. The average Bonchev–Trinajstić information content (AvgIpc) is 3.58. The lowest BCUT2D eigenvalue weighted by atomic mass is 9.99. The fourth-order valence-corrected chi connectivity index (χ4v) is 4.61. The summed E-state index contributed by atoms with van der Waals surface area (Å²) in [5, 5.41) is 19.8. The van der Waals surface area contributed by atoms with Crippen LogP contribution in [-0.4, -0.2) is 58.9 Å². The smallest absolute Gasteiger partial charge is 0.410 e. The van der Waals surface area contributed by atoms with Crippen LogP contribution in [0.4, 0.5) is 10.6 Å². The van der Waals surface area contributed by atoms with Gasteiger partial charge in [-0.05, 0) is 58.4 Å². The highest BCUT2D eigenvalue weighted by atomic mass is 32.2. The van der Waals surface area contributed by atoms with Crippen molar-refractivity contribution in [2.75, 3.05) is 31.1 Å². The van der Waals surface area contributed by atoms with Gasteiger partial charge in [-0.3, -0.25) is 4.79 Å². The number of nitrogens with zero attached hydrogens (tertiary/aromatic N) is 5. The number of primary amides is 1. The number of nitrogens with two attached hydrogens (primary N) is 1. The molecule has 0 aromatic carbocycles. The third-order valence-electron chi connectivity index (χ3n) is 5.53. The van der Waals surface area contributed by atoms with Gasteiger partial charge < -0.3 is 20.3 Å². The number of nitriles is 2. The van der Waals surface area contributed by atoms with E-state index in [0.29, 0.717) is 54.6 Å². The molecular weight excluding hydrogens is 440 g/mol. The molecule has 2 fully saturated rings. The van der Waals surface area contributed by atoms with E-state index < -0.39 is 16.8 Å². The molecule has 1 saturated heterocycles. The third-order valence-corrected chi connectivity index (χ3v) is 6.63. The summed E-state index contributed by atoms with van der Waals surface area (Å²) in [5.41, 5.74) is 6.37. The van der Waals surface area contributed by atoms with Gasteiger partial charge in [0, 0.05) is 26.2 Å². The van der Waals surface area contributed by atoms with E-state index in [4.69, 9.17) is 15.5 Å². The zero-order valence-corrected chi connectivity index (χ0v) is 20.4. The molecule has 1 aliphatic carbocycles. The van der Waals surface area contributed by atoms with Gasteiger partial charge in [0.2, 0.25) is 5.91 Å². The highest BCUT2D eigenvalue weighted by Crippen LogP contribution is 2.47. The third kappa shape index (κ3) is 5.88. The molecule has 1 atom stereocenters. The number of carbonyl (C=O) groups is 2. The van der Waals surface area contributed by atoms with Crippen LogP contribution in [0, 0.1) is 22.7 Å². The first-order valence-corrected chi connectivity index (χ1v) is 12.0. The first-order chi connectivity index (χ1) is 15.6. The lowest BCUT2D eigenvalue weighted by Gasteiger charge is -2.27. The van der Waals surface area contributed by atoms with E-state index in [0.717, 1.165) is 30.2 Å². The van der Waals surface area contributed by atoms with Crippen LogP contribution in [0.3, 0.4) is 0 Å². The minimum Gasteiger partial charge on any atom is -0.444 e. The van der Waals surface area contributed by atoms with Gasteiger partial charge >= 0.3 is 6.09 Å². The molecule has 2 N–H and O–H groups in total. The van der Waals surface area contributed by atoms with Crippen molar-refractivity contribution < 1.29 is 14.3 Å². The number of carbonyl (C=O) groups excluding carboxylic acids is 2. The molecule has 176 valence electrons. The molecule has 2 heterocycles. The highest BCUT2D eigenvalue weighted by Gasteiger charge is 2.35. The zero-order chi connectivity index (χ0) is 24.3. The summed E-state index contributed by atoms with van der Waals surface area (Å²) in [4.78, 5) is 32.6. The van der Waals surface area contributed by atoms with Gasteiger partial charge in [0.25, 0.3) is 0 Å². The van der Waals surface area contributed by atoms with Gasteiger partial charge in [-0.2, -0.15) is 10.5 Å². The van der Waals surface area contributed by atoms with E-state index in [1.54, 1.807) is 11.8 Å². The quantitative estimate of drug-likeness (QED) is 0.648. The normalized spacial score (nSPS) is 17.5. The fraction of sp³-hybridized carbons (Fsp3) is 0.609. The van der Waals surface area contributed by atoms with Crippen molar-refractivity contribution >= 4 is 29.6 Å². The first kappa shape index (κ1) is 24.7. The van der Waals surface area contributed by atoms with Gasteiger partial charge in [0.15, 0.2) is 0 Å². The lowest BCUT2D eigenvalue weighted by molar-refractivity contribution is -0.117. The van der Waals surface area contributed by atoms with E-state index in [9.17, 15) is 20.1 Å². The number of aromatic nitrogens is 1. The maximum Gasteiger partial charge on any atom is 0.410 e. The largest absolute Gasteiger partial charge is 0.444 e. The summed E-state index contributed by atoms with van der Waals surface area (Å²) in [7, 11) is 0. The zero-order valence-electron chi connectivity index (χ0n) is 19.6. The van der Waals surface area contributed by atoms with Crippen molar-refractivity contribution in [2.24, 2.45) is 5.73 Å². The number of hydrogen-bond donors (Lipinski definition) is 1. The van der Waals surface area contributed by atoms with Crippen molar-refractivity contribution in [1.82, 2.24) is 9.88 Å². The van der Waals surface area contributed by atoms with E-state index in [-0.39, 0.29) is 12.0 Å². The van der Waals surface area contributed by atoms with Crippen LogP contribution in [0.5, 0.6) is 0 Å². The van der Waals surface area contributed by atoms with Gasteiger partial charge in [-0.1, -0.05) is 11.8 Å². The van der Waals surface area contributed by atoms with E-state index >= 15 is 0 Å². The molecular formula is C23H30N6O3S. The standard InChI is InChI=1S/C23H30N6O3S/c1-14(19(26)30)33-21-17(13-25)18(15-6-7-15)16(12-24)20(27-21)28-8-5-9-29(11-10-28)22(31)32-23(2,3)4/h14-15H,5-11H2,1-4H3,(H2,26,30). The van der Waals surface area contributed by atoms with Gasteiger partial charge in [0.1, 0.15) is 28.6 Å². The Hall–Kier alpha value is -2.98. The van der Waals surface area contributed by atoms with Crippen LogP contribution in [0.1, 0.15) is 69.6 Å². The second-order valence-corrected chi connectivity index (χ2v) is 10.7. The Labute approximate surface area is 198 Å². The molecule has 1 aromatic heterocycles. The number of anilines is 1. The Bertz CT molecular complexity index is 1020. The van der Waals surface area contributed by atoms with Crippen molar-refractivity contribution in [3.63, 3.8) is 0 Å². The van der Waals surface area contributed by atoms with Crippen LogP contribution in [0.25, 0.3) is 0 Å². The Morgan fingerprint density at radius 1 is 1.15 bits per heavy atom. The topological polar surface area (TPSA) is 136 Å². The summed E-state index contributed by atoms with van der Waals surface area (Å²) in [5.74, 6) is 0.153. The average molecular weight is 471 g/mol. The number of rotatable bonds is 5. The number of amides is 2. The summed E-state index contributed by atoms with van der Waals surface area (Å²) >= 11 is 1.15. The Balaban J connectivity index is 1.96. The van der Waals surface area contributed by atoms with Gasteiger partial charge in [-0.25, -0.2) is 9.78 Å². The molecule has 3 rings (SSSR count). The molecule has 2 amide bonds. The fourth-order valence-electron chi connectivity index (χ4n) is 3.75. The van der Waals surface area contributed by atoms with Crippen LogP contribution in [-0.2, 0) is 9.53 Å². The van der Waals surface area contributed by atoms with Gasteiger partial charge in [-0.15, -0.1) is 0 Å². The van der Waals surface area contributed by atoms with Crippen molar-refractivity contribution in [2.45, 2.75) is 68.8 Å². The Kier molecular flexibility index (Phi) is 7.38. The second kappa shape index (κ2) is 9.88. The molecule has 1 aromatic rings. The highest BCUT2D eigenvalue weighted by molar-refractivity contribution is 8.00. The van der Waals surface area contributed by atoms with Crippen molar-refractivity contribution in [3.05, 3.63) is 16.7 Å². The second-order valence-electron chi connectivity index (χ2n) is 9.37. The van der Waals surface area contributed by atoms with Crippen LogP contribution >= 0.6 is 11.8 Å². The first-order valence-electron chi connectivity index (χ1n) is 11.1. The Morgan fingerprint density at radius 3 is 2.36 bits per heavy atom. The van der Waals surface area contributed by atoms with Crippen LogP contribution in [0.15, 0.2) is 5.03 Å². The SMILES string of the molecule is CC(Sc1nc(N2CCCN(C(=O)OC(C)(C)C)CC2)c(C#N)c(C2CC2)c1C#N)C(N)=O. The van der Waals surface area contributed by atoms with Crippen LogP contribution in [0.2, 0.25) is 0 Å². The maximum absolute atomic E-state index is 12.5. The van der Waals surface area contributed by atoms with Crippen molar-refractivity contribution in [3.8, 4) is 12.1 Å². The number of hydrogen-bond acceptors (Lipinski definition) is 8. The molecule has 10 heteroatoms. The molecule has 1 unspecified atom stereocenters.